The summed E-state index contributed by atoms with van der Waals surface area (Å²) in [6.45, 7) is 4.12. The second kappa shape index (κ2) is 6.03. The first-order valence-corrected chi connectivity index (χ1v) is 6.33. The quantitative estimate of drug-likeness (QED) is 0.871. The largest absolute Gasteiger partial charge is 0.491 e. The topological polar surface area (TPSA) is 44.5 Å². The van der Waals surface area contributed by atoms with E-state index in [0.29, 0.717) is 13.2 Å². The molecule has 3 nitrogen and oxygen atoms in total. The average Bonchev–Trinajstić information content (AvgIpc) is 2.39. The van der Waals surface area contributed by atoms with Crippen molar-refractivity contribution in [2.75, 3.05) is 13.2 Å². The summed E-state index contributed by atoms with van der Waals surface area (Å²) in [6.07, 6.45) is 3.79. The molecule has 1 saturated heterocycles. The summed E-state index contributed by atoms with van der Waals surface area (Å²) >= 11 is 0. The molecule has 1 fully saturated rings. The van der Waals surface area contributed by atoms with E-state index in [9.17, 15) is 0 Å². The molecular weight excluding hydrogens is 214 g/mol. The van der Waals surface area contributed by atoms with Gasteiger partial charge in [0.05, 0.1) is 6.10 Å². The monoisotopic (exact) mass is 235 g/mol. The van der Waals surface area contributed by atoms with Gasteiger partial charge in [-0.2, -0.15) is 0 Å². The van der Waals surface area contributed by atoms with Crippen LogP contribution in [0.3, 0.4) is 0 Å². The first-order valence-electron chi connectivity index (χ1n) is 6.33. The molecule has 1 aromatic carbocycles. The first-order chi connectivity index (χ1) is 8.29. The zero-order chi connectivity index (χ0) is 12.1. The molecule has 1 heterocycles. The van der Waals surface area contributed by atoms with Crippen molar-refractivity contribution in [3.63, 3.8) is 0 Å². The summed E-state index contributed by atoms with van der Waals surface area (Å²) in [5, 5.41) is 0. The maximum atomic E-state index is 5.84. The smallest absolute Gasteiger partial charge is 0.122 e. The van der Waals surface area contributed by atoms with Gasteiger partial charge < -0.3 is 15.2 Å². The summed E-state index contributed by atoms with van der Waals surface area (Å²) in [5.41, 5.74) is 7.89. The minimum atomic E-state index is 0.254. The summed E-state index contributed by atoms with van der Waals surface area (Å²) in [7, 11) is 0. The zero-order valence-electron chi connectivity index (χ0n) is 10.4. The van der Waals surface area contributed by atoms with Gasteiger partial charge in [-0.05, 0) is 43.4 Å². The van der Waals surface area contributed by atoms with Crippen molar-refractivity contribution in [3.8, 4) is 5.75 Å². The molecule has 0 amide bonds. The van der Waals surface area contributed by atoms with Gasteiger partial charge in [-0.15, -0.1) is 0 Å². The summed E-state index contributed by atoms with van der Waals surface area (Å²) in [6, 6.07) is 6.12. The molecule has 0 aliphatic carbocycles. The Labute approximate surface area is 103 Å². The molecule has 17 heavy (non-hydrogen) atoms. The van der Waals surface area contributed by atoms with Crippen LogP contribution < -0.4 is 10.5 Å². The van der Waals surface area contributed by atoms with Crippen molar-refractivity contribution in [2.45, 2.75) is 38.8 Å². The van der Waals surface area contributed by atoms with E-state index in [0.717, 1.165) is 29.9 Å². The third-order valence-electron chi connectivity index (χ3n) is 3.19. The normalized spacial score (nSPS) is 20.2. The van der Waals surface area contributed by atoms with Gasteiger partial charge in [0, 0.05) is 13.2 Å². The fourth-order valence-electron chi connectivity index (χ4n) is 2.05. The van der Waals surface area contributed by atoms with Crippen LogP contribution in [0.25, 0.3) is 0 Å². The molecule has 2 N–H and O–H groups in total. The van der Waals surface area contributed by atoms with Crippen LogP contribution in [0.5, 0.6) is 5.75 Å². The summed E-state index contributed by atoms with van der Waals surface area (Å²) < 4.78 is 11.5. The van der Waals surface area contributed by atoms with Crippen LogP contribution in [0.1, 0.15) is 30.4 Å². The van der Waals surface area contributed by atoms with Crippen LogP contribution in [0.2, 0.25) is 0 Å². The highest BCUT2D eigenvalue weighted by Crippen LogP contribution is 2.21. The van der Waals surface area contributed by atoms with Crippen molar-refractivity contribution in [3.05, 3.63) is 29.3 Å². The van der Waals surface area contributed by atoms with Gasteiger partial charge in [-0.3, -0.25) is 0 Å². The highest BCUT2D eigenvalue weighted by Gasteiger charge is 2.14. The average molecular weight is 235 g/mol. The number of ether oxygens (including phenoxy) is 2. The van der Waals surface area contributed by atoms with Crippen LogP contribution >= 0.6 is 0 Å². The van der Waals surface area contributed by atoms with E-state index < -0.39 is 0 Å². The molecule has 0 aromatic heterocycles. The second-order valence-electron chi connectivity index (χ2n) is 4.60. The molecular formula is C14H21NO2. The van der Waals surface area contributed by atoms with Crippen LogP contribution in [-0.4, -0.2) is 19.3 Å². The van der Waals surface area contributed by atoms with E-state index >= 15 is 0 Å². The van der Waals surface area contributed by atoms with Gasteiger partial charge in [0.1, 0.15) is 12.4 Å². The number of rotatable bonds is 4. The van der Waals surface area contributed by atoms with Crippen molar-refractivity contribution in [1.82, 2.24) is 0 Å². The van der Waals surface area contributed by atoms with Crippen LogP contribution in [0.4, 0.5) is 0 Å². The third kappa shape index (κ3) is 3.45. The Bertz CT molecular complexity index is 359. The SMILES string of the molecule is Cc1ccc(CN)cc1OCC1CCCCO1. The fraction of sp³-hybridized carbons (Fsp3) is 0.571. The van der Waals surface area contributed by atoms with Crippen LogP contribution in [0, 0.1) is 6.92 Å². The van der Waals surface area contributed by atoms with Gasteiger partial charge in [0.25, 0.3) is 0 Å². The van der Waals surface area contributed by atoms with Gasteiger partial charge in [-0.25, -0.2) is 0 Å². The molecule has 94 valence electrons. The lowest BCUT2D eigenvalue weighted by Gasteiger charge is -2.23. The van der Waals surface area contributed by atoms with E-state index in [1.165, 1.54) is 12.8 Å². The molecule has 2 rings (SSSR count). The zero-order valence-corrected chi connectivity index (χ0v) is 10.4. The van der Waals surface area contributed by atoms with Crippen LogP contribution in [0.15, 0.2) is 18.2 Å². The molecule has 1 aliphatic rings. The predicted octanol–water partition coefficient (Wildman–Crippen LogP) is 2.40. The minimum absolute atomic E-state index is 0.254. The van der Waals surface area contributed by atoms with Crippen molar-refractivity contribution in [1.29, 1.82) is 0 Å². The molecule has 0 spiro atoms. The second-order valence-corrected chi connectivity index (χ2v) is 4.60. The molecule has 0 bridgehead atoms. The predicted molar refractivity (Wildman–Crippen MR) is 68.2 cm³/mol. The molecule has 0 radical (unpaired) electrons. The van der Waals surface area contributed by atoms with E-state index in [1.54, 1.807) is 0 Å². The van der Waals surface area contributed by atoms with Crippen LogP contribution in [-0.2, 0) is 11.3 Å². The number of hydrogen-bond donors (Lipinski definition) is 1. The molecule has 1 atom stereocenters. The lowest BCUT2D eigenvalue weighted by Crippen LogP contribution is -2.26. The molecule has 1 unspecified atom stereocenters. The lowest BCUT2D eigenvalue weighted by molar-refractivity contribution is -0.0112. The fourth-order valence-corrected chi connectivity index (χ4v) is 2.05. The third-order valence-corrected chi connectivity index (χ3v) is 3.19. The van der Waals surface area contributed by atoms with E-state index in [-0.39, 0.29) is 6.10 Å². The molecule has 3 heteroatoms. The molecule has 0 saturated carbocycles. The number of hydrogen-bond acceptors (Lipinski definition) is 3. The summed E-state index contributed by atoms with van der Waals surface area (Å²) in [5.74, 6) is 0.933. The van der Waals surface area contributed by atoms with Gasteiger partial charge in [0.2, 0.25) is 0 Å². The van der Waals surface area contributed by atoms with Gasteiger partial charge in [0.15, 0.2) is 0 Å². The van der Waals surface area contributed by atoms with E-state index in [4.69, 9.17) is 15.2 Å². The maximum absolute atomic E-state index is 5.84. The lowest BCUT2D eigenvalue weighted by atomic mass is 10.1. The number of aryl methyl sites for hydroxylation is 1. The number of nitrogens with two attached hydrogens (primary N) is 1. The Balaban J connectivity index is 1.92. The molecule has 1 aromatic rings. The maximum Gasteiger partial charge on any atom is 0.122 e. The van der Waals surface area contributed by atoms with E-state index in [2.05, 4.69) is 13.0 Å². The van der Waals surface area contributed by atoms with Gasteiger partial charge >= 0.3 is 0 Å². The molecule has 1 aliphatic heterocycles. The van der Waals surface area contributed by atoms with Crippen molar-refractivity contribution < 1.29 is 9.47 Å². The first kappa shape index (κ1) is 12.4. The highest BCUT2D eigenvalue weighted by molar-refractivity contribution is 5.36. The standard InChI is InChI=1S/C14H21NO2/c1-11-5-6-12(9-15)8-14(11)17-10-13-4-2-3-7-16-13/h5-6,8,13H,2-4,7,9-10,15H2,1H3. The Morgan fingerprint density at radius 1 is 1.41 bits per heavy atom. The van der Waals surface area contributed by atoms with Gasteiger partial charge in [-0.1, -0.05) is 12.1 Å². The van der Waals surface area contributed by atoms with Crippen molar-refractivity contribution >= 4 is 0 Å². The Kier molecular flexibility index (Phi) is 4.40. The Morgan fingerprint density at radius 3 is 3.00 bits per heavy atom. The van der Waals surface area contributed by atoms with Crippen molar-refractivity contribution in [2.24, 2.45) is 5.73 Å². The summed E-state index contributed by atoms with van der Waals surface area (Å²) in [4.78, 5) is 0. The minimum Gasteiger partial charge on any atom is -0.491 e. The van der Waals surface area contributed by atoms with E-state index in [1.807, 2.05) is 12.1 Å². The number of benzene rings is 1. The highest BCUT2D eigenvalue weighted by atomic mass is 16.5. The Hall–Kier alpha value is -1.06. The Morgan fingerprint density at radius 2 is 2.29 bits per heavy atom.